The lowest BCUT2D eigenvalue weighted by Crippen LogP contribution is -2.32. The summed E-state index contributed by atoms with van der Waals surface area (Å²) in [4.78, 5) is 12.0. The third-order valence-electron chi connectivity index (χ3n) is 3.68. The van der Waals surface area contributed by atoms with Crippen molar-refractivity contribution in [2.24, 2.45) is 0 Å². The minimum absolute atomic E-state index is 0.00000838. The molecule has 0 aliphatic rings. The van der Waals surface area contributed by atoms with Crippen LogP contribution in [0.5, 0.6) is 0 Å². The van der Waals surface area contributed by atoms with Gasteiger partial charge in [0, 0.05) is 18.2 Å². The Labute approximate surface area is 156 Å². The number of rotatable bonds is 6. The average Bonchev–Trinajstić information content (AvgIpc) is 2.64. The zero-order valence-corrected chi connectivity index (χ0v) is 15.2. The molecule has 1 heterocycles. The molecule has 0 amide bonds. The second-order valence-corrected chi connectivity index (χ2v) is 7.62. The van der Waals surface area contributed by atoms with Crippen LogP contribution in [0.2, 0.25) is 5.02 Å². The van der Waals surface area contributed by atoms with Crippen LogP contribution in [0.1, 0.15) is 0 Å². The Hall–Kier alpha value is -2.48. The van der Waals surface area contributed by atoms with Crippen LogP contribution >= 0.6 is 11.6 Å². The lowest BCUT2D eigenvalue weighted by atomic mass is 10.1. The molecule has 0 saturated heterocycles. The molecule has 0 unspecified atom stereocenters. The Kier molecular flexibility index (Phi) is 5.51. The third kappa shape index (κ3) is 4.19. The molecule has 0 spiro atoms. The van der Waals surface area contributed by atoms with Crippen LogP contribution in [-0.4, -0.2) is 24.7 Å². The van der Waals surface area contributed by atoms with Crippen molar-refractivity contribution in [2.75, 3.05) is 6.54 Å². The summed E-state index contributed by atoms with van der Waals surface area (Å²) in [6.07, 6.45) is 0. The van der Waals surface area contributed by atoms with Crippen molar-refractivity contribution < 1.29 is 8.42 Å². The Morgan fingerprint density at radius 1 is 0.962 bits per heavy atom. The van der Waals surface area contributed by atoms with Crippen molar-refractivity contribution in [1.29, 1.82) is 0 Å². The molecule has 26 heavy (non-hydrogen) atoms. The molecule has 0 saturated carbocycles. The summed E-state index contributed by atoms with van der Waals surface area (Å²) in [6.45, 7) is 0.113. The highest BCUT2D eigenvalue weighted by molar-refractivity contribution is 7.89. The molecule has 1 N–H and O–H groups in total. The minimum Gasteiger partial charge on any atom is -0.268 e. The first-order valence-corrected chi connectivity index (χ1v) is 9.71. The quantitative estimate of drug-likeness (QED) is 0.702. The lowest BCUT2D eigenvalue weighted by Gasteiger charge is -2.10. The number of aromatic nitrogens is 2. The Bertz CT molecular complexity index is 1070. The molecule has 0 fully saturated rings. The van der Waals surface area contributed by atoms with Crippen LogP contribution in [0, 0.1) is 0 Å². The van der Waals surface area contributed by atoms with Gasteiger partial charge in [-0.3, -0.25) is 4.79 Å². The summed E-state index contributed by atoms with van der Waals surface area (Å²) in [7, 11) is -3.76. The van der Waals surface area contributed by atoms with Crippen molar-refractivity contribution in [3.63, 3.8) is 0 Å². The van der Waals surface area contributed by atoms with E-state index in [1.807, 2.05) is 30.3 Å². The molecule has 134 valence electrons. The van der Waals surface area contributed by atoms with Crippen LogP contribution in [0.15, 0.2) is 76.4 Å². The van der Waals surface area contributed by atoms with Gasteiger partial charge < -0.3 is 0 Å². The Morgan fingerprint density at radius 3 is 2.38 bits per heavy atom. The van der Waals surface area contributed by atoms with E-state index in [-0.39, 0.29) is 28.6 Å². The molecule has 3 rings (SSSR count). The first kappa shape index (κ1) is 18.3. The first-order chi connectivity index (χ1) is 12.5. The normalized spacial score (nSPS) is 11.4. The topological polar surface area (TPSA) is 81.1 Å². The maximum absolute atomic E-state index is 12.3. The van der Waals surface area contributed by atoms with Gasteiger partial charge in [0.2, 0.25) is 10.0 Å². The van der Waals surface area contributed by atoms with Gasteiger partial charge in [-0.05, 0) is 18.2 Å². The van der Waals surface area contributed by atoms with Crippen molar-refractivity contribution in [3.05, 3.63) is 82.1 Å². The van der Waals surface area contributed by atoms with Gasteiger partial charge in [-0.25, -0.2) is 17.8 Å². The number of benzene rings is 2. The maximum Gasteiger partial charge on any atom is 0.266 e. The van der Waals surface area contributed by atoms with Gasteiger partial charge >= 0.3 is 0 Å². The molecule has 3 aromatic rings. The standard InChI is InChI=1S/C18H16ClN3O3S/c19-15-8-4-5-9-17(15)26(24,25)20-12-13-22-18(23)11-10-16(21-22)14-6-2-1-3-7-14/h1-11,20H,12-13H2. The summed E-state index contributed by atoms with van der Waals surface area (Å²) in [5.41, 5.74) is 1.21. The molecule has 1 aromatic heterocycles. The Morgan fingerprint density at radius 2 is 1.65 bits per heavy atom. The van der Waals surface area contributed by atoms with Gasteiger partial charge in [0.05, 0.1) is 17.3 Å². The second kappa shape index (κ2) is 7.82. The molecule has 0 aliphatic carbocycles. The molecule has 0 radical (unpaired) electrons. The Balaban J connectivity index is 1.74. The van der Waals surface area contributed by atoms with E-state index in [0.717, 1.165) is 5.56 Å². The summed E-state index contributed by atoms with van der Waals surface area (Å²) in [6, 6.07) is 18.7. The first-order valence-electron chi connectivity index (χ1n) is 7.85. The van der Waals surface area contributed by atoms with Crippen molar-refractivity contribution >= 4 is 21.6 Å². The van der Waals surface area contributed by atoms with E-state index in [0.29, 0.717) is 5.69 Å². The van der Waals surface area contributed by atoms with E-state index in [4.69, 9.17) is 11.6 Å². The van der Waals surface area contributed by atoms with E-state index in [9.17, 15) is 13.2 Å². The van der Waals surface area contributed by atoms with Gasteiger partial charge in [0.25, 0.3) is 5.56 Å². The molecule has 0 bridgehead atoms. The number of hydrogen-bond acceptors (Lipinski definition) is 4. The highest BCUT2D eigenvalue weighted by Gasteiger charge is 2.16. The van der Waals surface area contributed by atoms with E-state index >= 15 is 0 Å². The van der Waals surface area contributed by atoms with Crippen LogP contribution in [0.25, 0.3) is 11.3 Å². The molecular formula is C18H16ClN3O3S. The van der Waals surface area contributed by atoms with Crippen LogP contribution < -0.4 is 10.3 Å². The smallest absolute Gasteiger partial charge is 0.266 e. The number of nitrogens with one attached hydrogen (secondary N) is 1. The largest absolute Gasteiger partial charge is 0.268 e. The van der Waals surface area contributed by atoms with Crippen molar-refractivity contribution in [2.45, 2.75) is 11.4 Å². The fraction of sp³-hybridized carbons (Fsp3) is 0.111. The highest BCUT2D eigenvalue weighted by atomic mass is 35.5. The minimum atomic E-state index is -3.76. The second-order valence-electron chi connectivity index (χ2n) is 5.47. The number of nitrogens with zero attached hydrogens (tertiary/aromatic N) is 2. The average molecular weight is 390 g/mol. The predicted octanol–water partition coefficient (Wildman–Crippen LogP) is 2.54. The number of hydrogen-bond donors (Lipinski definition) is 1. The van der Waals surface area contributed by atoms with Crippen molar-refractivity contribution in [1.82, 2.24) is 14.5 Å². The maximum atomic E-state index is 12.3. The molecule has 0 atom stereocenters. The van der Waals surface area contributed by atoms with E-state index in [1.165, 1.54) is 22.9 Å². The van der Waals surface area contributed by atoms with E-state index in [1.54, 1.807) is 18.2 Å². The van der Waals surface area contributed by atoms with Crippen LogP contribution in [0.4, 0.5) is 0 Å². The third-order valence-corrected chi connectivity index (χ3v) is 5.64. The summed E-state index contributed by atoms with van der Waals surface area (Å²) in [5, 5.41) is 4.44. The summed E-state index contributed by atoms with van der Waals surface area (Å²) >= 11 is 5.93. The zero-order chi connectivity index (χ0) is 18.6. The van der Waals surface area contributed by atoms with Gasteiger partial charge in [0.1, 0.15) is 4.90 Å². The fourth-order valence-corrected chi connectivity index (χ4v) is 3.94. The summed E-state index contributed by atoms with van der Waals surface area (Å²) in [5.74, 6) is 0. The van der Waals surface area contributed by atoms with Gasteiger partial charge in [-0.15, -0.1) is 0 Å². The molecule has 0 aliphatic heterocycles. The number of halogens is 1. The summed E-state index contributed by atoms with van der Waals surface area (Å²) < 4.78 is 28.3. The predicted molar refractivity (Wildman–Crippen MR) is 101 cm³/mol. The van der Waals surface area contributed by atoms with Crippen molar-refractivity contribution in [3.8, 4) is 11.3 Å². The molecular weight excluding hydrogens is 374 g/mol. The zero-order valence-electron chi connectivity index (χ0n) is 13.7. The van der Waals surface area contributed by atoms with E-state index < -0.39 is 10.0 Å². The van der Waals surface area contributed by atoms with Gasteiger partial charge in [-0.2, -0.15) is 5.10 Å². The van der Waals surface area contributed by atoms with Crippen LogP contribution in [0.3, 0.4) is 0 Å². The van der Waals surface area contributed by atoms with E-state index in [2.05, 4.69) is 9.82 Å². The van der Waals surface area contributed by atoms with Crippen LogP contribution in [-0.2, 0) is 16.6 Å². The number of sulfonamides is 1. The molecule has 8 heteroatoms. The monoisotopic (exact) mass is 389 g/mol. The SMILES string of the molecule is O=c1ccc(-c2ccccc2)nn1CCNS(=O)(=O)c1ccccc1Cl. The molecule has 2 aromatic carbocycles. The van der Waals surface area contributed by atoms with Gasteiger partial charge in [-0.1, -0.05) is 54.1 Å². The fourth-order valence-electron chi connectivity index (χ4n) is 2.40. The molecule has 6 nitrogen and oxygen atoms in total. The van der Waals surface area contributed by atoms with Gasteiger partial charge in [0.15, 0.2) is 0 Å². The highest BCUT2D eigenvalue weighted by Crippen LogP contribution is 2.20. The lowest BCUT2D eigenvalue weighted by molar-refractivity contribution is 0.549.